The van der Waals surface area contributed by atoms with Gasteiger partial charge in [-0.25, -0.2) is 9.78 Å². The molecular formula is C25H28N4O2. The quantitative estimate of drug-likeness (QED) is 0.485. The number of aryl methyl sites for hydroxylation is 1. The third-order valence-electron chi connectivity index (χ3n) is 6.14. The summed E-state index contributed by atoms with van der Waals surface area (Å²) in [4.78, 5) is 34.2. The van der Waals surface area contributed by atoms with Crippen LogP contribution in [0.3, 0.4) is 0 Å². The zero-order valence-corrected chi connectivity index (χ0v) is 18.1. The van der Waals surface area contributed by atoms with Crippen LogP contribution in [0.5, 0.6) is 0 Å². The molecule has 1 saturated carbocycles. The van der Waals surface area contributed by atoms with Gasteiger partial charge >= 0.3 is 5.69 Å². The SMILES string of the molecule is CC(C)CCCc1ccc2nc(Cn3c(=O)n(C4CC4)c(=O)c4ccccc43)[nH]c2c1. The van der Waals surface area contributed by atoms with Crippen molar-refractivity contribution >= 4 is 21.9 Å². The molecule has 1 aliphatic rings. The molecule has 2 aromatic carbocycles. The van der Waals surface area contributed by atoms with E-state index in [4.69, 9.17) is 4.98 Å². The molecule has 1 aliphatic carbocycles. The van der Waals surface area contributed by atoms with Gasteiger partial charge in [-0.2, -0.15) is 0 Å². The van der Waals surface area contributed by atoms with Crippen molar-refractivity contribution in [3.05, 3.63) is 74.7 Å². The van der Waals surface area contributed by atoms with Crippen molar-refractivity contribution in [1.29, 1.82) is 0 Å². The molecule has 0 amide bonds. The molecule has 0 aliphatic heterocycles. The zero-order chi connectivity index (χ0) is 21.5. The summed E-state index contributed by atoms with van der Waals surface area (Å²) >= 11 is 0. The minimum atomic E-state index is -0.249. The summed E-state index contributed by atoms with van der Waals surface area (Å²) in [6.45, 7) is 4.81. The van der Waals surface area contributed by atoms with Crippen LogP contribution in [-0.4, -0.2) is 19.1 Å². The number of nitrogens with one attached hydrogen (secondary N) is 1. The summed E-state index contributed by atoms with van der Waals surface area (Å²) in [5.41, 5.74) is 3.41. The maximum atomic E-state index is 13.2. The highest BCUT2D eigenvalue weighted by atomic mass is 16.2. The number of H-pyrrole nitrogens is 1. The zero-order valence-electron chi connectivity index (χ0n) is 18.1. The van der Waals surface area contributed by atoms with Crippen molar-refractivity contribution in [2.24, 2.45) is 5.92 Å². The number of aromatic nitrogens is 4. The van der Waals surface area contributed by atoms with Gasteiger partial charge in [0.05, 0.1) is 28.5 Å². The first kappa shape index (κ1) is 19.8. The van der Waals surface area contributed by atoms with Crippen LogP contribution in [0.2, 0.25) is 0 Å². The van der Waals surface area contributed by atoms with E-state index < -0.39 is 0 Å². The van der Waals surface area contributed by atoms with E-state index in [-0.39, 0.29) is 17.3 Å². The Hall–Kier alpha value is -3.15. The van der Waals surface area contributed by atoms with Crippen molar-refractivity contribution in [3.63, 3.8) is 0 Å². The van der Waals surface area contributed by atoms with Crippen molar-refractivity contribution < 1.29 is 0 Å². The Morgan fingerprint density at radius 2 is 1.94 bits per heavy atom. The van der Waals surface area contributed by atoms with E-state index in [9.17, 15) is 9.59 Å². The van der Waals surface area contributed by atoms with Crippen LogP contribution in [0, 0.1) is 5.92 Å². The number of benzene rings is 2. The lowest BCUT2D eigenvalue weighted by Crippen LogP contribution is -2.39. The minimum absolute atomic E-state index is 0.0277. The highest BCUT2D eigenvalue weighted by molar-refractivity contribution is 5.78. The Morgan fingerprint density at radius 3 is 2.71 bits per heavy atom. The Balaban J connectivity index is 1.51. The highest BCUT2D eigenvalue weighted by Gasteiger charge is 2.28. The van der Waals surface area contributed by atoms with Gasteiger partial charge in [0, 0.05) is 6.04 Å². The van der Waals surface area contributed by atoms with Gasteiger partial charge in [-0.05, 0) is 61.4 Å². The Kier molecular flexibility index (Phi) is 5.00. The Morgan fingerprint density at radius 1 is 1.13 bits per heavy atom. The van der Waals surface area contributed by atoms with Gasteiger partial charge in [-0.15, -0.1) is 0 Å². The largest absolute Gasteiger partial charge is 0.340 e. The summed E-state index contributed by atoms with van der Waals surface area (Å²) in [6.07, 6.45) is 5.22. The number of para-hydroxylation sites is 1. The number of nitrogens with zero attached hydrogens (tertiary/aromatic N) is 3. The van der Waals surface area contributed by atoms with E-state index >= 15 is 0 Å². The summed E-state index contributed by atoms with van der Waals surface area (Å²) in [7, 11) is 0. The molecule has 4 aromatic rings. The van der Waals surface area contributed by atoms with E-state index in [1.165, 1.54) is 23.0 Å². The highest BCUT2D eigenvalue weighted by Crippen LogP contribution is 2.32. The molecule has 2 aromatic heterocycles. The topological polar surface area (TPSA) is 72.7 Å². The van der Waals surface area contributed by atoms with Crippen molar-refractivity contribution in [2.45, 2.75) is 58.5 Å². The lowest BCUT2D eigenvalue weighted by atomic mass is 10.0. The van der Waals surface area contributed by atoms with Gasteiger partial charge < -0.3 is 4.98 Å². The van der Waals surface area contributed by atoms with Crippen molar-refractivity contribution in [3.8, 4) is 0 Å². The molecule has 1 fully saturated rings. The number of aromatic amines is 1. The summed E-state index contributed by atoms with van der Waals surface area (Å²) in [5, 5.41) is 0.581. The fraction of sp³-hybridized carbons (Fsp3) is 0.400. The lowest BCUT2D eigenvalue weighted by molar-refractivity contribution is 0.556. The predicted octanol–water partition coefficient (Wildman–Crippen LogP) is 4.40. The molecule has 5 rings (SSSR count). The van der Waals surface area contributed by atoms with Crippen LogP contribution in [0.25, 0.3) is 21.9 Å². The number of rotatable bonds is 7. The van der Waals surface area contributed by atoms with Crippen LogP contribution in [0.15, 0.2) is 52.1 Å². The molecule has 0 spiro atoms. The molecule has 6 heteroatoms. The minimum Gasteiger partial charge on any atom is -0.340 e. The monoisotopic (exact) mass is 416 g/mol. The van der Waals surface area contributed by atoms with E-state index in [1.54, 1.807) is 10.6 Å². The van der Waals surface area contributed by atoms with E-state index in [0.29, 0.717) is 17.4 Å². The molecule has 31 heavy (non-hydrogen) atoms. The second-order valence-corrected chi connectivity index (χ2v) is 9.11. The molecule has 0 radical (unpaired) electrons. The lowest BCUT2D eigenvalue weighted by Gasteiger charge is -2.12. The van der Waals surface area contributed by atoms with Gasteiger partial charge in [0.15, 0.2) is 0 Å². The van der Waals surface area contributed by atoms with Gasteiger partial charge in [0.25, 0.3) is 5.56 Å². The summed E-state index contributed by atoms with van der Waals surface area (Å²) in [6, 6.07) is 13.7. The Bertz CT molecular complexity index is 1370. The van der Waals surface area contributed by atoms with E-state index in [2.05, 4.69) is 31.0 Å². The van der Waals surface area contributed by atoms with E-state index in [0.717, 1.165) is 42.0 Å². The van der Waals surface area contributed by atoms with Gasteiger partial charge in [-0.3, -0.25) is 13.9 Å². The molecule has 2 heterocycles. The average Bonchev–Trinajstić information content (AvgIpc) is 3.49. The summed E-state index contributed by atoms with van der Waals surface area (Å²) < 4.78 is 3.11. The number of hydrogen-bond donors (Lipinski definition) is 1. The van der Waals surface area contributed by atoms with Gasteiger partial charge in [-0.1, -0.05) is 38.5 Å². The summed E-state index contributed by atoms with van der Waals surface area (Å²) in [5.74, 6) is 1.44. The first-order valence-electron chi connectivity index (χ1n) is 11.2. The molecule has 6 nitrogen and oxygen atoms in total. The molecular weight excluding hydrogens is 388 g/mol. The van der Waals surface area contributed by atoms with Crippen LogP contribution in [0.4, 0.5) is 0 Å². The van der Waals surface area contributed by atoms with Gasteiger partial charge in [0.2, 0.25) is 0 Å². The normalized spacial score (nSPS) is 14.2. The van der Waals surface area contributed by atoms with Gasteiger partial charge in [0.1, 0.15) is 5.82 Å². The van der Waals surface area contributed by atoms with Crippen LogP contribution < -0.4 is 11.2 Å². The number of fused-ring (bicyclic) bond motifs is 2. The fourth-order valence-corrected chi connectivity index (χ4v) is 4.35. The fourth-order valence-electron chi connectivity index (χ4n) is 4.35. The maximum absolute atomic E-state index is 13.2. The Labute approximate surface area is 180 Å². The van der Waals surface area contributed by atoms with Crippen molar-refractivity contribution in [2.75, 3.05) is 0 Å². The predicted molar refractivity (Wildman–Crippen MR) is 124 cm³/mol. The molecule has 0 saturated heterocycles. The third kappa shape index (κ3) is 3.82. The number of hydrogen-bond acceptors (Lipinski definition) is 3. The van der Waals surface area contributed by atoms with Crippen LogP contribution in [0.1, 0.15) is 57.0 Å². The second-order valence-electron chi connectivity index (χ2n) is 9.11. The molecule has 0 unspecified atom stereocenters. The molecule has 0 atom stereocenters. The average molecular weight is 417 g/mol. The third-order valence-corrected chi connectivity index (χ3v) is 6.14. The standard InChI is InChI=1S/C25H28N4O2/c1-16(2)6-5-7-17-10-13-20-21(14-17)27-23(26-20)15-28-22-9-4-3-8-19(22)24(30)29(25(28)31)18-11-12-18/h3-4,8-10,13-14,16,18H,5-7,11-12,15H2,1-2H3,(H,26,27). The first-order valence-corrected chi connectivity index (χ1v) is 11.2. The maximum Gasteiger partial charge on any atom is 0.332 e. The molecule has 1 N–H and O–H groups in total. The van der Waals surface area contributed by atoms with Crippen LogP contribution >= 0.6 is 0 Å². The van der Waals surface area contributed by atoms with Crippen LogP contribution in [-0.2, 0) is 13.0 Å². The first-order chi connectivity index (χ1) is 15.0. The van der Waals surface area contributed by atoms with E-state index in [1.807, 2.05) is 24.3 Å². The van der Waals surface area contributed by atoms with Crippen molar-refractivity contribution in [1.82, 2.24) is 19.1 Å². The molecule has 160 valence electrons. The second kappa shape index (κ2) is 7.84. The smallest absolute Gasteiger partial charge is 0.332 e. The number of imidazole rings is 1. The molecule has 0 bridgehead atoms.